The second-order valence-electron chi connectivity index (χ2n) is 6.80. The molecule has 134 valence electrons. The van der Waals surface area contributed by atoms with E-state index in [9.17, 15) is 0 Å². The van der Waals surface area contributed by atoms with Crippen molar-refractivity contribution in [3.8, 4) is 0 Å². The van der Waals surface area contributed by atoms with E-state index in [-0.39, 0.29) is 5.92 Å². The molecule has 0 bridgehead atoms. The van der Waals surface area contributed by atoms with Gasteiger partial charge in [0.2, 0.25) is 5.89 Å². The second kappa shape index (κ2) is 7.45. The molecule has 0 saturated carbocycles. The van der Waals surface area contributed by atoms with Gasteiger partial charge >= 0.3 is 0 Å². The predicted molar refractivity (Wildman–Crippen MR) is 91.2 cm³/mol. The number of ether oxygens (including phenoxy) is 1. The summed E-state index contributed by atoms with van der Waals surface area (Å²) >= 11 is 0. The topological polar surface area (TPSA) is 80.4 Å². The zero-order valence-corrected chi connectivity index (χ0v) is 14.5. The summed E-state index contributed by atoms with van der Waals surface area (Å²) in [6.07, 6.45) is 6.56. The van der Waals surface area contributed by atoms with Crippen LogP contribution in [0.4, 0.5) is 5.82 Å². The van der Waals surface area contributed by atoms with Crippen molar-refractivity contribution in [1.82, 2.24) is 25.0 Å². The van der Waals surface area contributed by atoms with E-state index in [4.69, 9.17) is 9.26 Å². The molecule has 25 heavy (non-hydrogen) atoms. The van der Waals surface area contributed by atoms with Gasteiger partial charge in [-0.1, -0.05) is 5.16 Å². The van der Waals surface area contributed by atoms with Crippen LogP contribution in [0.15, 0.2) is 23.1 Å². The van der Waals surface area contributed by atoms with Crippen LogP contribution in [0, 0.1) is 0 Å². The molecular weight excluding hydrogens is 320 g/mol. The van der Waals surface area contributed by atoms with Gasteiger partial charge in [0.25, 0.3) is 0 Å². The molecule has 2 aromatic heterocycles. The third-order valence-corrected chi connectivity index (χ3v) is 5.16. The summed E-state index contributed by atoms with van der Waals surface area (Å²) in [7, 11) is 2.11. The average molecular weight is 344 g/mol. The molecule has 0 spiro atoms. The lowest BCUT2D eigenvalue weighted by molar-refractivity contribution is 0.188. The molecule has 2 aliphatic rings. The summed E-state index contributed by atoms with van der Waals surface area (Å²) in [5, 5.41) is 4.15. The van der Waals surface area contributed by atoms with E-state index < -0.39 is 0 Å². The van der Waals surface area contributed by atoms with Crippen LogP contribution >= 0.6 is 0 Å². The van der Waals surface area contributed by atoms with Gasteiger partial charge in [0, 0.05) is 39.0 Å². The molecule has 2 aromatic rings. The molecule has 1 unspecified atom stereocenters. The SMILES string of the molecule is CN(c1ccncn1)C1CCN(Cc2noc(C3CCOC3)n2)CC1. The Kier molecular flexibility index (Phi) is 4.89. The van der Waals surface area contributed by atoms with E-state index in [0.717, 1.165) is 63.0 Å². The van der Waals surface area contributed by atoms with Gasteiger partial charge in [0.1, 0.15) is 12.1 Å². The van der Waals surface area contributed by atoms with Gasteiger partial charge in [-0.2, -0.15) is 4.98 Å². The lowest BCUT2D eigenvalue weighted by atomic mass is 10.0. The fraction of sp³-hybridized carbons (Fsp3) is 0.647. The van der Waals surface area contributed by atoms with Gasteiger partial charge in [0.15, 0.2) is 5.82 Å². The summed E-state index contributed by atoms with van der Waals surface area (Å²) in [5.74, 6) is 2.76. The second-order valence-corrected chi connectivity index (χ2v) is 6.80. The summed E-state index contributed by atoms with van der Waals surface area (Å²) in [6, 6.07) is 2.46. The van der Waals surface area contributed by atoms with Crippen molar-refractivity contribution in [2.75, 3.05) is 38.3 Å². The highest BCUT2D eigenvalue weighted by Gasteiger charge is 2.26. The average Bonchev–Trinajstić information content (AvgIpc) is 3.34. The smallest absolute Gasteiger partial charge is 0.232 e. The van der Waals surface area contributed by atoms with E-state index in [1.165, 1.54) is 0 Å². The van der Waals surface area contributed by atoms with Gasteiger partial charge in [-0.05, 0) is 25.3 Å². The fourth-order valence-corrected chi connectivity index (χ4v) is 3.57. The van der Waals surface area contributed by atoms with Crippen LogP contribution in [0.3, 0.4) is 0 Å². The fourth-order valence-electron chi connectivity index (χ4n) is 3.57. The molecule has 0 amide bonds. The van der Waals surface area contributed by atoms with E-state index in [1.807, 2.05) is 6.07 Å². The lowest BCUT2D eigenvalue weighted by Gasteiger charge is -2.36. The van der Waals surface area contributed by atoms with Crippen molar-refractivity contribution < 1.29 is 9.26 Å². The van der Waals surface area contributed by atoms with Crippen molar-refractivity contribution in [1.29, 1.82) is 0 Å². The Morgan fingerprint density at radius 1 is 1.28 bits per heavy atom. The van der Waals surface area contributed by atoms with Gasteiger partial charge in [-0.3, -0.25) is 4.90 Å². The molecule has 8 heteroatoms. The molecule has 4 rings (SSSR count). The number of nitrogens with zero attached hydrogens (tertiary/aromatic N) is 6. The van der Waals surface area contributed by atoms with Gasteiger partial charge in [-0.15, -0.1) is 0 Å². The number of hydrogen-bond donors (Lipinski definition) is 0. The molecule has 0 radical (unpaired) electrons. The van der Waals surface area contributed by atoms with E-state index in [0.29, 0.717) is 12.6 Å². The highest BCUT2D eigenvalue weighted by molar-refractivity contribution is 5.36. The molecule has 2 aliphatic heterocycles. The van der Waals surface area contributed by atoms with Crippen LogP contribution in [0.1, 0.15) is 36.9 Å². The van der Waals surface area contributed by atoms with Crippen LogP contribution in [0.2, 0.25) is 0 Å². The van der Waals surface area contributed by atoms with Crippen molar-refractivity contribution in [2.45, 2.75) is 37.8 Å². The summed E-state index contributed by atoms with van der Waals surface area (Å²) in [4.78, 5) is 17.5. The van der Waals surface area contributed by atoms with Crippen molar-refractivity contribution >= 4 is 5.82 Å². The molecule has 1 atom stereocenters. The number of hydrogen-bond acceptors (Lipinski definition) is 8. The first kappa shape index (κ1) is 16.4. The molecule has 4 heterocycles. The maximum Gasteiger partial charge on any atom is 0.232 e. The first-order valence-corrected chi connectivity index (χ1v) is 8.91. The van der Waals surface area contributed by atoms with E-state index >= 15 is 0 Å². The van der Waals surface area contributed by atoms with Gasteiger partial charge < -0.3 is 14.2 Å². The van der Waals surface area contributed by atoms with Crippen LogP contribution < -0.4 is 4.90 Å². The Hall–Kier alpha value is -2.06. The van der Waals surface area contributed by atoms with Crippen LogP contribution in [-0.4, -0.2) is 64.4 Å². The van der Waals surface area contributed by atoms with Crippen molar-refractivity contribution in [2.24, 2.45) is 0 Å². The summed E-state index contributed by atoms with van der Waals surface area (Å²) < 4.78 is 10.8. The summed E-state index contributed by atoms with van der Waals surface area (Å²) in [5.41, 5.74) is 0. The zero-order valence-electron chi connectivity index (χ0n) is 14.5. The minimum absolute atomic E-state index is 0.272. The Labute approximate surface area is 147 Å². The number of piperidine rings is 1. The first-order chi connectivity index (χ1) is 12.3. The van der Waals surface area contributed by atoms with Crippen molar-refractivity contribution in [3.63, 3.8) is 0 Å². The maximum absolute atomic E-state index is 5.42. The number of aromatic nitrogens is 4. The zero-order chi connectivity index (χ0) is 17.1. The third kappa shape index (κ3) is 3.80. The molecule has 0 aromatic carbocycles. The van der Waals surface area contributed by atoms with E-state index in [1.54, 1.807) is 12.5 Å². The number of rotatable bonds is 5. The quantitative estimate of drug-likeness (QED) is 0.806. The van der Waals surface area contributed by atoms with Crippen LogP contribution in [-0.2, 0) is 11.3 Å². The molecule has 2 saturated heterocycles. The number of anilines is 1. The molecule has 2 fully saturated rings. The molecule has 8 nitrogen and oxygen atoms in total. The monoisotopic (exact) mass is 344 g/mol. The largest absolute Gasteiger partial charge is 0.381 e. The van der Waals surface area contributed by atoms with Crippen LogP contribution in [0.25, 0.3) is 0 Å². The normalized spacial score (nSPS) is 22.4. The highest BCUT2D eigenvalue weighted by atomic mass is 16.5. The predicted octanol–water partition coefficient (Wildman–Crippen LogP) is 1.46. The Balaban J connectivity index is 1.29. The highest BCUT2D eigenvalue weighted by Crippen LogP contribution is 2.24. The summed E-state index contributed by atoms with van der Waals surface area (Å²) in [6.45, 7) is 4.28. The van der Waals surface area contributed by atoms with E-state index in [2.05, 4.69) is 37.0 Å². The first-order valence-electron chi connectivity index (χ1n) is 8.91. The minimum Gasteiger partial charge on any atom is -0.381 e. The third-order valence-electron chi connectivity index (χ3n) is 5.16. The molecular formula is C17H24N6O2. The standard InChI is InChI=1S/C17H24N6O2/c1-22(16-2-6-18-12-19-16)14-3-7-23(8-4-14)10-15-20-17(25-21-15)13-5-9-24-11-13/h2,6,12-14H,3-5,7-11H2,1H3. The van der Waals surface area contributed by atoms with Gasteiger partial charge in [-0.25, -0.2) is 9.97 Å². The Bertz CT molecular complexity index is 665. The Morgan fingerprint density at radius 3 is 2.88 bits per heavy atom. The lowest BCUT2D eigenvalue weighted by Crippen LogP contribution is -2.43. The molecule has 0 N–H and O–H groups in total. The van der Waals surface area contributed by atoms with Gasteiger partial charge in [0.05, 0.1) is 19.1 Å². The van der Waals surface area contributed by atoms with Crippen molar-refractivity contribution in [3.05, 3.63) is 30.3 Å². The maximum atomic E-state index is 5.42. The number of likely N-dealkylation sites (tertiary alicyclic amines) is 1. The van der Waals surface area contributed by atoms with Crippen LogP contribution in [0.5, 0.6) is 0 Å². The Morgan fingerprint density at radius 2 is 2.16 bits per heavy atom. The minimum atomic E-state index is 0.272. The molecule has 0 aliphatic carbocycles.